The third-order valence-corrected chi connectivity index (χ3v) is 6.46. The number of carbonyl (C=O) groups is 4. The lowest BCUT2D eigenvalue weighted by atomic mass is 10.2. The molecule has 1 aromatic carbocycles. The lowest BCUT2D eigenvalue weighted by Crippen LogP contribution is -2.42. The monoisotopic (exact) mass is 453 g/mol. The molecule has 3 amide bonds. The molecule has 1 aromatic heterocycles. The first kappa shape index (κ1) is 21.9. The lowest BCUT2D eigenvalue weighted by Gasteiger charge is -2.22. The van der Waals surface area contributed by atoms with Crippen molar-refractivity contribution in [3.63, 3.8) is 0 Å². The number of carbonyl (C=O) groups excluding carboxylic acids is 3. The number of aromatic carboxylic acids is 1. The molecular formula is C23H23N3O5S. The molecule has 1 N–H and O–H groups in total. The second-order valence-electron chi connectivity index (χ2n) is 7.72. The van der Waals surface area contributed by atoms with Gasteiger partial charge in [-0.15, -0.1) is 0 Å². The maximum absolute atomic E-state index is 12.9. The molecule has 0 bridgehead atoms. The summed E-state index contributed by atoms with van der Waals surface area (Å²) in [5, 5.41) is 8.77. The van der Waals surface area contributed by atoms with Gasteiger partial charge in [-0.05, 0) is 61.0 Å². The summed E-state index contributed by atoms with van der Waals surface area (Å²) in [5.41, 5.74) is 1.39. The molecule has 0 atom stereocenters. The topological polar surface area (TPSA) is 99.9 Å². The van der Waals surface area contributed by atoms with Crippen LogP contribution in [0.25, 0.3) is 11.8 Å². The van der Waals surface area contributed by atoms with E-state index in [0.717, 1.165) is 42.3 Å². The Labute approximate surface area is 189 Å². The molecule has 9 heteroatoms. The summed E-state index contributed by atoms with van der Waals surface area (Å²) in [6, 6.07) is 9.98. The molecule has 2 saturated heterocycles. The van der Waals surface area contributed by atoms with Gasteiger partial charge in [0.15, 0.2) is 0 Å². The van der Waals surface area contributed by atoms with Crippen molar-refractivity contribution >= 4 is 40.9 Å². The van der Waals surface area contributed by atoms with Crippen molar-refractivity contribution in [1.29, 1.82) is 0 Å². The van der Waals surface area contributed by atoms with Crippen LogP contribution < -0.4 is 0 Å². The van der Waals surface area contributed by atoms with Crippen LogP contribution in [-0.4, -0.2) is 62.1 Å². The second kappa shape index (κ2) is 9.44. The van der Waals surface area contributed by atoms with Crippen molar-refractivity contribution in [3.05, 3.63) is 58.8 Å². The molecule has 2 fully saturated rings. The first-order valence-corrected chi connectivity index (χ1v) is 11.3. The Bertz CT molecular complexity index is 1100. The summed E-state index contributed by atoms with van der Waals surface area (Å²) in [5.74, 6) is -1.73. The Kier molecular flexibility index (Phi) is 6.45. The first-order chi connectivity index (χ1) is 15.4. The van der Waals surface area contributed by atoms with Gasteiger partial charge in [-0.2, -0.15) is 0 Å². The number of aromatic nitrogens is 1. The molecule has 32 heavy (non-hydrogen) atoms. The molecule has 2 aliphatic rings. The minimum atomic E-state index is -1.03. The van der Waals surface area contributed by atoms with Crippen LogP contribution in [0.1, 0.15) is 41.7 Å². The molecule has 0 aliphatic carbocycles. The summed E-state index contributed by atoms with van der Waals surface area (Å²) in [7, 11) is 0. The second-order valence-corrected chi connectivity index (χ2v) is 8.71. The number of rotatable bonds is 5. The zero-order valence-corrected chi connectivity index (χ0v) is 18.2. The van der Waals surface area contributed by atoms with Crippen LogP contribution in [0.3, 0.4) is 0 Å². The summed E-state index contributed by atoms with van der Waals surface area (Å²) in [6.07, 6.45) is 7.39. The highest BCUT2D eigenvalue weighted by Gasteiger charge is 2.37. The number of thioether (sulfide) groups is 1. The smallest absolute Gasteiger partial charge is 0.335 e. The predicted molar refractivity (Wildman–Crippen MR) is 120 cm³/mol. The Hall–Kier alpha value is -3.33. The van der Waals surface area contributed by atoms with Gasteiger partial charge in [0.1, 0.15) is 6.54 Å². The Morgan fingerprint density at radius 1 is 1.03 bits per heavy atom. The summed E-state index contributed by atoms with van der Waals surface area (Å²) < 4.78 is 1.74. The van der Waals surface area contributed by atoms with Crippen molar-refractivity contribution in [2.45, 2.75) is 25.7 Å². The van der Waals surface area contributed by atoms with Gasteiger partial charge in [0.05, 0.1) is 10.5 Å². The van der Waals surface area contributed by atoms with Gasteiger partial charge in [-0.25, -0.2) is 4.79 Å². The average molecular weight is 454 g/mol. The van der Waals surface area contributed by atoms with Crippen LogP contribution in [0.4, 0.5) is 4.79 Å². The third kappa shape index (κ3) is 4.62. The lowest BCUT2D eigenvalue weighted by molar-refractivity contribution is -0.135. The van der Waals surface area contributed by atoms with Crippen molar-refractivity contribution in [2.75, 3.05) is 19.6 Å². The Balaban J connectivity index is 1.53. The van der Waals surface area contributed by atoms with Crippen LogP contribution in [0, 0.1) is 0 Å². The van der Waals surface area contributed by atoms with Gasteiger partial charge in [0.25, 0.3) is 11.1 Å². The molecule has 4 rings (SSSR count). The third-order valence-electron chi connectivity index (χ3n) is 5.56. The minimum absolute atomic E-state index is 0.148. The number of amides is 3. The van der Waals surface area contributed by atoms with E-state index in [1.165, 1.54) is 12.1 Å². The largest absolute Gasteiger partial charge is 0.478 e. The minimum Gasteiger partial charge on any atom is -0.478 e. The van der Waals surface area contributed by atoms with Crippen molar-refractivity contribution in [2.24, 2.45) is 0 Å². The Morgan fingerprint density at radius 3 is 2.50 bits per heavy atom. The van der Waals surface area contributed by atoms with E-state index in [9.17, 15) is 24.3 Å². The number of hydrogen-bond donors (Lipinski definition) is 1. The maximum Gasteiger partial charge on any atom is 0.335 e. The highest BCUT2D eigenvalue weighted by molar-refractivity contribution is 8.18. The van der Waals surface area contributed by atoms with E-state index in [1.807, 2.05) is 0 Å². The highest BCUT2D eigenvalue weighted by Crippen LogP contribution is 2.32. The Morgan fingerprint density at radius 2 is 1.78 bits per heavy atom. The van der Waals surface area contributed by atoms with E-state index in [1.54, 1.807) is 46.0 Å². The molecule has 2 aliphatic heterocycles. The van der Waals surface area contributed by atoms with E-state index in [2.05, 4.69) is 0 Å². The fourth-order valence-corrected chi connectivity index (χ4v) is 4.68. The molecule has 0 radical (unpaired) electrons. The van der Waals surface area contributed by atoms with E-state index in [4.69, 9.17) is 0 Å². The number of carboxylic acid groups (broad SMARTS) is 1. The zero-order valence-electron chi connectivity index (χ0n) is 17.4. The normalized spacial score (nSPS) is 18.3. The van der Waals surface area contributed by atoms with Crippen LogP contribution >= 0.6 is 11.8 Å². The average Bonchev–Trinajstić information content (AvgIpc) is 3.21. The standard InChI is InChI=1S/C23H23N3O5S/c27-20(24-10-3-1-2-4-11-24)15-26-21(28)19(32-23(26)31)14-18-9-6-12-25(18)17-8-5-7-16(13-17)22(29)30/h5-9,12-14H,1-4,10-11,15H2,(H,29,30). The summed E-state index contributed by atoms with van der Waals surface area (Å²) in [4.78, 5) is 52.2. The van der Waals surface area contributed by atoms with Crippen LogP contribution in [0.2, 0.25) is 0 Å². The molecule has 8 nitrogen and oxygen atoms in total. The van der Waals surface area contributed by atoms with Crippen molar-refractivity contribution in [1.82, 2.24) is 14.4 Å². The first-order valence-electron chi connectivity index (χ1n) is 10.5. The summed E-state index contributed by atoms with van der Waals surface area (Å²) >= 11 is 0.805. The fraction of sp³-hybridized carbons (Fsp3) is 0.304. The number of hydrogen-bond acceptors (Lipinski definition) is 5. The maximum atomic E-state index is 12.9. The number of carboxylic acids is 1. The molecule has 3 heterocycles. The van der Waals surface area contributed by atoms with E-state index >= 15 is 0 Å². The van der Waals surface area contributed by atoms with E-state index < -0.39 is 17.1 Å². The van der Waals surface area contributed by atoms with Crippen LogP contribution in [0.15, 0.2) is 47.5 Å². The van der Waals surface area contributed by atoms with Crippen molar-refractivity contribution < 1.29 is 24.3 Å². The molecule has 0 spiro atoms. The number of imide groups is 1. The molecular weight excluding hydrogens is 430 g/mol. The van der Waals surface area contributed by atoms with Crippen molar-refractivity contribution in [3.8, 4) is 5.69 Å². The van der Waals surface area contributed by atoms with Crippen LogP contribution in [-0.2, 0) is 9.59 Å². The SMILES string of the molecule is O=C(O)c1cccc(-n2cccc2C=C2SC(=O)N(CC(=O)N3CCCCCC3)C2=O)c1. The van der Waals surface area contributed by atoms with Gasteiger partial charge in [0, 0.05) is 30.7 Å². The van der Waals surface area contributed by atoms with E-state index in [-0.39, 0.29) is 22.9 Å². The zero-order chi connectivity index (χ0) is 22.7. The van der Waals surface area contributed by atoms with Gasteiger partial charge in [-0.3, -0.25) is 19.3 Å². The molecule has 166 valence electrons. The molecule has 0 saturated carbocycles. The van der Waals surface area contributed by atoms with Gasteiger partial charge in [-0.1, -0.05) is 18.9 Å². The molecule has 0 unspecified atom stereocenters. The van der Waals surface area contributed by atoms with Gasteiger partial charge < -0.3 is 14.6 Å². The number of benzene rings is 1. The van der Waals surface area contributed by atoms with Gasteiger partial charge >= 0.3 is 5.97 Å². The predicted octanol–water partition coefficient (Wildman–Crippen LogP) is 3.61. The van der Waals surface area contributed by atoms with Crippen LogP contribution in [0.5, 0.6) is 0 Å². The number of nitrogens with zero attached hydrogens (tertiary/aromatic N) is 3. The van der Waals surface area contributed by atoms with Gasteiger partial charge in [0.2, 0.25) is 5.91 Å². The quantitative estimate of drug-likeness (QED) is 0.694. The number of likely N-dealkylation sites (tertiary alicyclic amines) is 1. The highest BCUT2D eigenvalue weighted by atomic mass is 32.2. The molecule has 2 aromatic rings. The van der Waals surface area contributed by atoms with E-state index in [0.29, 0.717) is 24.5 Å². The fourth-order valence-electron chi connectivity index (χ4n) is 3.86. The summed E-state index contributed by atoms with van der Waals surface area (Å²) in [6.45, 7) is 1.07.